The molecule has 0 bridgehead atoms. The molecule has 1 nitrogen and oxygen atoms in total. The molecule has 0 saturated heterocycles. The van der Waals surface area contributed by atoms with Gasteiger partial charge in [-0.1, -0.05) is 6.07 Å². The van der Waals surface area contributed by atoms with Gasteiger partial charge in [0.25, 0.3) is 0 Å². The Morgan fingerprint density at radius 3 is 1.58 bits per heavy atom. The topological polar surface area (TPSA) is 20.2 Å². The summed E-state index contributed by atoms with van der Waals surface area (Å²) in [4.78, 5) is 0. The minimum Gasteiger partial charge on any atom is -0.382 e. The summed E-state index contributed by atoms with van der Waals surface area (Å²) in [6.45, 7) is 6.05. The minimum absolute atomic E-state index is 0.250. The fourth-order valence-electron chi connectivity index (χ4n) is 1.99. The summed E-state index contributed by atoms with van der Waals surface area (Å²) in [6.07, 6.45) is -8.69. The third-order valence-electron chi connectivity index (χ3n) is 3.42. The maximum Gasteiger partial charge on any atom is 0.456 e. The zero-order valence-electron chi connectivity index (χ0n) is 11.0. The molecule has 0 aromatic heterocycles. The molecule has 0 fully saturated rings. The van der Waals surface area contributed by atoms with E-state index in [-0.39, 0.29) is 16.7 Å². The molecule has 108 valence electrons. The van der Waals surface area contributed by atoms with Crippen LogP contribution in [0.25, 0.3) is 0 Å². The van der Waals surface area contributed by atoms with Gasteiger partial charge in [-0.3, -0.25) is 0 Å². The molecule has 0 amide bonds. The lowest BCUT2D eigenvalue weighted by atomic mass is 9.88. The maximum atomic E-state index is 13.3. The number of benzene rings is 1. The molecule has 0 aliphatic heterocycles. The van der Waals surface area contributed by atoms with Crippen molar-refractivity contribution in [1.82, 2.24) is 0 Å². The molecule has 1 aromatic carbocycles. The van der Waals surface area contributed by atoms with E-state index in [1.807, 2.05) is 0 Å². The van der Waals surface area contributed by atoms with Gasteiger partial charge < -0.3 is 5.11 Å². The van der Waals surface area contributed by atoms with Crippen LogP contribution in [0.15, 0.2) is 6.07 Å². The molecule has 1 unspecified atom stereocenters. The largest absolute Gasteiger partial charge is 0.456 e. The number of rotatable bonds is 2. The molecular formula is C13H15F5O. The Hall–Kier alpha value is -1.17. The van der Waals surface area contributed by atoms with Crippen LogP contribution in [0.5, 0.6) is 0 Å². The number of hydrogen-bond donors (Lipinski definition) is 1. The van der Waals surface area contributed by atoms with Crippen LogP contribution in [-0.2, 0) is 0 Å². The Bertz CT molecular complexity index is 465. The molecule has 0 saturated carbocycles. The van der Waals surface area contributed by atoms with Gasteiger partial charge in [-0.2, -0.15) is 22.0 Å². The predicted octanol–water partition coefficient (Wildman–Crippen LogP) is 4.15. The molecular weight excluding hydrogens is 267 g/mol. The Kier molecular flexibility index (Phi) is 3.96. The molecule has 0 aliphatic carbocycles. The van der Waals surface area contributed by atoms with Gasteiger partial charge in [0.1, 0.15) is 0 Å². The molecule has 1 N–H and O–H groups in total. The first kappa shape index (κ1) is 15.9. The van der Waals surface area contributed by atoms with Gasteiger partial charge >= 0.3 is 12.1 Å². The quantitative estimate of drug-likeness (QED) is 0.808. The van der Waals surface area contributed by atoms with Crippen molar-refractivity contribution in [2.45, 2.75) is 45.9 Å². The smallest absolute Gasteiger partial charge is 0.382 e. The number of aliphatic hydroxyl groups is 1. The molecule has 0 heterocycles. The fourth-order valence-corrected chi connectivity index (χ4v) is 1.99. The standard InChI is InChI=1S/C13H15F5O/c1-6-5-7(2)9(4)10(8(6)3)11(19)12(14,15)13(16,17)18/h5,11,19H,1-4H3. The molecule has 0 spiro atoms. The number of hydrogen-bond acceptors (Lipinski definition) is 1. The third-order valence-corrected chi connectivity index (χ3v) is 3.42. The number of aliphatic hydroxyl groups excluding tert-OH is 1. The van der Waals surface area contributed by atoms with Crippen LogP contribution in [0.2, 0.25) is 0 Å². The average molecular weight is 282 g/mol. The lowest BCUT2D eigenvalue weighted by Crippen LogP contribution is -2.42. The van der Waals surface area contributed by atoms with Crippen molar-refractivity contribution in [3.63, 3.8) is 0 Å². The van der Waals surface area contributed by atoms with Crippen LogP contribution in [0, 0.1) is 27.7 Å². The van der Waals surface area contributed by atoms with Crippen LogP contribution in [0.4, 0.5) is 22.0 Å². The first-order valence-electron chi connectivity index (χ1n) is 5.61. The summed E-state index contributed by atoms with van der Waals surface area (Å²) in [5.41, 5.74) is 1.28. The van der Waals surface area contributed by atoms with Crippen LogP contribution in [0.1, 0.15) is 33.9 Å². The molecule has 0 aliphatic rings. The zero-order chi connectivity index (χ0) is 15.2. The highest BCUT2D eigenvalue weighted by Crippen LogP contribution is 2.46. The van der Waals surface area contributed by atoms with E-state index in [0.717, 1.165) is 0 Å². The van der Waals surface area contributed by atoms with E-state index in [2.05, 4.69) is 0 Å². The number of halogens is 5. The van der Waals surface area contributed by atoms with Crippen molar-refractivity contribution < 1.29 is 27.1 Å². The van der Waals surface area contributed by atoms with Gasteiger partial charge in [-0.25, -0.2) is 0 Å². The van der Waals surface area contributed by atoms with Crippen LogP contribution in [-0.4, -0.2) is 17.2 Å². The number of aryl methyl sites for hydroxylation is 2. The molecule has 1 atom stereocenters. The summed E-state index contributed by atoms with van der Waals surface area (Å²) in [5.74, 6) is -5.18. The van der Waals surface area contributed by atoms with E-state index in [9.17, 15) is 27.1 Å². The average Bonchev–Trinajstić information content (AvgIpc) is 2.25. The van der Waals surface area contributed by atoms with Gasteiger partial charge in [0.05, 0.1) is 0 Å². The Morgan fingerprint density at radius 2 is 1.26 bits per heavy atom. The normalized spacial score (nSPS) is 14.6. The van der Waals surface area contributed by atoms with E-state index < -0.39 is 18.2 Å². The lowest BCUT2D eigenvalue weighted by Gasteiger charge is -2.28. The lowest BCUT2D eigenvalue weighted by molar-refractivity contribution is -0.315. The first-order valence-corrected chi connectivity index (χ1v) is 5.61. The van der Waals surface area contributed by atoms with Gasteiger partial charge in [-0.05, 0) is 55.5 Å². The van der Waals surface area contributed by atoms with Gasteiger partial charge in [0.2, 0.25) is 0 Å². The fraction of sp³-hybridized carbons (Fsp3) is 0.538. The van der Waals surface area contributed by atoms with Crippen molar-refractivity contribution >= 4 is 0 Å². The molecule has 0 radical (unpaired) electrons. The van der Waals surface area contributed by atoms with Crippen LogP contribution in [0.3, 0.4) is 0 Å². The predicted molar refractivity (Wildman–Crippen MR) is 61.4 cm³/mol. The van der Waals surface area contributed by atoms with E-state index in [1.165, 1.54) is 13.8 Å². The maximum absolute atomic E-state index is 13.3. The van der Waals surface area contributed by atoms with Crippen molar-refractivity contribution in [2.24, 2.45) is 0 Å². The first-order chi connectivity index (χ1) is 8.41. The highest BCUT2D eigenvalue weighted by atomic mass is 19.4. The summed E-state index contributed by atoms with van der Waals surface area (Å²) in [7, 11) is 0. The van der Waals surface area contributed by atoms with Crippen molar-refractivity contribution in [2.75, 3.05) is 0 Å². The third kappa shape index (κ3) is 2.59. The molecule has 1 rings (SSSR count). The summed E-state index contributed by atoms with van der Waals surface area (Å²) < 4.78 is 63.5. The molecule has 1 aromatic rings. The second kappa shape index (κ2) is 4.74. The molecule has 19 heavy (non-hydrogen) atoms. The second-order valence-corrected chi connectivity index (χ2v) is 4.70. The molecule has 6 heteroatoms. The highest BCUT2D eigenvalue weighted by Gasteiger charge is 2.63. The monoisotopic (exact) mass is 282 g/mol. The zero-order valence-corrected chi connectivity index (χ0v) is 11.0. The van der Waals surface area contributed by atoms with Crippen molar-refractivity contribution in [1.29, 1.82) is 0 Å². The summed E-state index contributed by atoms with van der Waals surface area (Å²) in [5, 5.41) is 9.52. The highest BCUT2D eigenvalue weighted by molar-refractivity contribution is 5.46. The summed E-state index contributed by atoms with van der Waals surface area (Å²) in [6, 6.07) is 1.69. The Morgan fingerprint density at radius 1 is 0.895 bits per heavy atom. The SMILES string of the molecule is Cc1cc(C)c(C)c(C(O)C(F)(F)C(F)(F)F)c1C. The van der Waals surface area contributed by atoms with Gasteiger partial charge in [-0.15, -0.1) is 0 Å². The van der Waals surface area contributed by atoms with E-state index in [1.54, 1.807) is 19.9 Å². The van der Waals surface area contributed by atoms with Crippen molar-refractivity contribution in [3.05, 3.63) is 33.9 Å². The second-order valence-electron chi connectivity index (χ2n) is 4.70. The van der Waals surface area contributed by atoms with Gasteiger partial charge in [0, 0.05) is 0 Å². The van der Waals surface area contributed by atoms with E-state index in [0.29, 0.717) is 11.1 Å². The summed E-state index contributed by atoms with van der Waals surface area (Å²) >= 11 is 0. The Balaban J connectivity index is 3.47. The minimum atomic E-state index is -5.79. The van der Waals surface area contributed by atoms with Gasteiger partial charge in [0.15, 0.2) is 6.10 Å². The Labute approximate surface area is 108 Å². The number of alkyl halides is 5. The van der Waals surface area contributed by atoms with E-state index >= 15 is 0 Å². The van der Waals surface area contributed by atoms with E-state index in [4.69, 9.17) is 0 Å². The van der Waals surface area contributed by atoms with Crippen molar-refractivity contribution in [3.8, 4) is 0 Å². The van der Waals surface area contributed by atoms with Crippen LogP contribution < -0.4 is 0 Å². The van der Waals surface area contributed by atoms with Crippen LogP contribution >= 0.6 is 0 Å².